The maximum atomic E-state index is 12.8. The second kappa shape index (κ2) is 12.7. The molecule has 0 spiro atoms. The van der Waals surface area contributed by atoms with Crippen molar-refractivity contribution in [1.29, 1.82) is 0 Å². The largest absolute Gasteiger partial charge is 0.449 e. The smallest absolute Gasteiger partial charge is 0.409 e. The zero-order chi connectivity index (χ0) is 24.3. The highest BCUT2D eigenvalue weighted by molar-refractivity contribution is 6.04. The Labute approximate surface area is 201 Å². The number of carbonyl (C=O) groups excluding carboxylic acids is 3. The third-order valence-corrected chi connectivity index (χ3v) is 5.50. The third kappa shape index (κ3) is 7.88. The van der Waals surface area contributed by atoms with Gasteiger partial charge in [0, 0.05) is 32.7 Å². The number of nitrogens with zero attached hydrogens (tertiary/aromatic N) is 2. The molecule has 0 radical (unpaired) electrons. The van der Waals surface area contributed by atoms with Crippen molar-refractivity contribution in [1.82, 2.24) is 15.1 Å². The summed E-state index contributed by atoms with van der Waals surface area (Å²) in [5.41, 5.74) is 1.90. The molecule has 0 aromatic heterocycles. The molecule has 2 aromatic carbocycles. The Kier molecular flexibility index (Phi) is 9.46. The first-order chi connectivity index (χ1) is 16.4. The van der Waals surface area contributed by atoms with Gasteiger partial charge in [-0.15, -0.1) is 0 Å². The Morgan fingerprint density at radius 3 is 2.44 bits per heavy atom. The average Bonchev–Trinajstić information content (AvgIpc) is 3.07. The van der Waals surface area contributed by atoms with Crippen LogP contribution in [0.2, 0.25) is 0 Å². The molecular weight excluding hydrogens is 432 g/mol. The minimum Gasteiger partial charge on any atom is -0.449 e. The molecule has 3 rings (SSSR count). The highest BCUT2D eigenvalue weighted by atomic mass is 16.6. The second-order valence-corrected chi connectivity index (χ2v) is 8.85. The van der Waals surface area contributed by atoms with Crippen molar-refractivity contribution in [3.63, 3.8) is 0 Å². The van der Waals surface area contributed by atoms with Gasteiger partial charge in [0.15, 0.2) is 0 Å². The standard InChI is InChI=1S/C26H34N4O4/c1-20(2)19-34-26(33)30-14-8-13-29(15-16-30)18-24(31)28-23-12-7-6-11-22(23)25(32)27-17-21-9-4-3-5-10-21/h3-7,9-12,20H,8,13-19H2,1-2H3,(H,27,32)(H,28,31). The Morgan fingerprint density at radius 2 is 1.68 bits per heavy atom. The SMILES string of the molecule is CC(C)COC(=O)N1CCCN(CC(=O)Nc2ccccc2C(=O)NCc2ccccc2)CC1. The van der Waals surface area contributed by atoms with Gasteiger partial charge in [0.05, 0.1) is 24.4 Å². The van der Waals surface area contributed by atoms with Crippen LogP contribution in [0.15, 0.2) is 54.6 Å². The molecule has 34 heavy (non-hydrogen) atoms. The number of ether oxygens (including phenoxy) is 1. The molecule has 1 aliphatic heterocycles. The van der Waals surface area contributed by atoms with E-state index >= 15 is 0 Å². The summed E-state index contributed by atoms with van der Waals surface area (Å²) in [5, 5.41) is 5.78. The number of benzene rings is 2. The van der Waals surface area contributed by atoms with Gasteiger partial charge in [-0.05, 0) is 30.0 Å². The molecule has 8 heteroatoms. The van der Waals surface area contributed by atoms with Crippen LogP contribution in [-0.2, 0) is 16.1 Å². The van der Waals surface area contributed by atoms with Gasteiger partial charge >= 0.3 is 6.09 Å². The van der Waals surface area contributed by atoms with Gasteiger partial charge in [-0.2, -0.15) is 0 Å². The molecule has 8 nitrogen and oxygen atoms in total. The van der Waals surface area contributed by atoms with E-state index in [2.05, 4.69) is 10.6 Å². The van der Waals surface area contributed by atoms with Crippen LogP contribution in [0.1, 0.15) is 36.2 Å². The molecule has 1 aliphatic rings. The van der Waals surface area contributed by atoms with E-state index in [1.54, 1.807) is 29.2 Å². The first-order valence-electron chi connectivity index (χ1n) is 11.8. The summed E-state index contributed by atoms with van der Waals surface area (Å²) in [6, 6.07) is 16.6. The average molecular weight is 467 g/mol. The van der Waals surface area contributed by atoms with Crippen LogP contribution < -0.4 is 10.6 Å². The van der Waals surface area contributed by atoms with Crippen LogP contribution in [0.25, 0.3) is 0 Å². The van der Waals surface area contributed by atoms with E-state index < -0.39 is 0 Å². The maximum absolute atomic E-state index is 12.8. The first-order valence-corrected chi connectivity index (χ1v) is 11.8. The Balaban J connectivity index is 1.51. The lowest BCUT2D eigenvalue weighted by Crippen LogP contribution is -2.38. The lowest BCUT2D eigenvalue weighted by atomic mass is 10.1. The summed E-state index contributed by atoms with van der Waals surface area (Å²) < 4.78 is 5.33. The number of carbonyl (C=O) groups is 3. The number of amides is 3. The van der Waals surface area contributed by atoms with Gasteiger partial charge in [-0.3, -0.25) is 14.5 Å². The molecule has 182 valence electrons. The minimum atomic E-state index is -0.296. The molecule has 0 bridgehead atoms. The van der Waals surface area contributed by atoms with E-state index in [4.69, 9.17) is 4.74 Å². The van der Waals surface area contributed by atoms with E-state index in [1.165, 1.54) is 0 Å². The van der Waals surface area contributed by atoms with E-state index in [1.807, 2.05) is 49.1 Å². The molecule has 1 fully saturated rings. The zero-order valence-corrected chi connectivity index (χ0v) is 20.0. The molecule has 0 atom stereocenters. The quantitative estimate of drug-likeness (QED) is 0.623. The van der Waals surface area contributed by atoms with Crippen molar-refractivity contribution >= 4 is 23.6 Å². The fraction of sp³-hybridized carbons (Fsp3) is 0.423. The first kappa shape index (κ1) is 25.2. The predicted molar refractivity (Wildman–Crippen MR) is 131 cm³/mol. The molecule has 1 saturated heterocycles. The summed E-state index contributed by atoms with van der Waals surface area (Å²) in [6.45, 7) is 7.43. The number of rotatable bonds is 8. The fourth-order valence-corrected chi connectivity index (χ4v) is 3.70. The van der Waals surface area contributed by atoms with Crippen LogP contribution in [0.3, 0.4) is 0 Å². The summed E-state index contributed by atoms with van der Waals surface area (Å²) in [5.74, 6) is -0.149. The topological polar surface area (TPSA) is 91.0 Å². The van der Waals surface area contributed by atoms with Crippen LogP contribution >= 0.6 is 0 Å². The van der Waals surface area contributed by atoms with E-state index in [0.717, 1.165) is 12.0 Å². The monoisotopic (exact) mass is 466 g/mol. The summed E-state index contributed by atoms with van der Waals surface area (Å²) in [4.78, 5) is 41.4. The number of hydrogen-bond donors (Lipinski definition) is 2. The van der Waals surface area contributed by atoms with Gasteiger partial charge in [-0.1, -0.05) is 56.3 Å². The van der Waals surface area contributed by atoms with Crippen LogP contribution in [-0.4, -0.2) is 67.0 Å². The molecule has 2 aromatic rings. The van der Waals surface area contributed by atoms with Crippen molar-refractivity contribution in [2.45, 2.75) is 26.8 Å². The van der Waals surface area contributed by atoms with Crippen molar-refractivity contribution in [3.8, 4) is 0 Å². The predicted octanol–water partition coefficient (Wildman–Crippen LogP) is 3.36. The molecular formula is C26H34N4O4. The van der Waals surface area contributed by atoms with E-state index in [9.17, 15) is 14.4 Å². The summed E-state index contributed by atoms with van der Waals surface area (Å²) in [6.07, 6.45) is 0.471. The fourth-order valence-electron chi connectivity index (χ4n) is 3.70. The molecule has 0 aliphatic carbocycles. The van der Waals surface area contributed by atoms with Crippen molar-refractivity contribution in [3.05, 3.63) is 65.7 Å². The van der Waals surface area contributed by atoms with Crippen molar-refractivity contribution in [2.75, 3.05) is 44.6 Å². The number of nitrogens with one attached hydrogen (secondary N) is 2. The molecule has 1 heterocycles. The lowest BCUT2D eigenvalue weighted by Gasteiger charge is -2.22. The van der Waals surface area contributed by atoms with Crippen LogP contribution in [0, 0.1) is 5.92 Å². The van der Waals surface area contributed by atoms with Gasteiger partial charge in [0.2, 0.25) is 5.91 Å². The number of anilines is 1. The summed E-state index contributed by atoms with van der Waals surface area (Å²) in [7, 11) is 0. The number of hydrogen-bond acceptors (Lipinski definition) is 5. The highest BCUT2D eigenvalue weighted by Crippen LogP contribution is 2.16. The number of para-hydroxylation sites is 1. The lowest BCUT2D eigenvalue weighted by molar-refractivity contribution is -0.117. The third-order valence-electron chi connectivity index (χ3n) is 5.50. The van der Waals surface area contributed by atoms with Gasteiger partial charge < -0.3 is 20.3 Å². The summed E-state index contributed by atoms with van der Waals surface area (Å²) >= 11 is 0. The van der Waals surface area contributed by atoms with E-state index in [-0.39, 0.29) is 24.5 Å². The molecule has 3 amide bonds. The van der Waals surface area contributed by atoms with Crippen molar-refractivity contribution < 1.29 is 19.1 Å². The Hall–Kier alpha value is -3.39. The zero-order valence-electron chi connectivity index (χ0n) is 20.0. The van der Waals surface area contributed by atoms with Crippen LogP contribution in [0.5, 0.6) is 0 Å². The molecule has 0 saturated carbocycles. The Morgan fingerprint density at radius 1 is 0.941 bits per heavy atom. The Bertz CT molecular complexity index is 964. The normalized spacial score (nSPS) is 14.4. The minimum absolute atomic E-state index is 0.189. The van der Waals surface area contributed by atoms with Gasteiger partial charge in [0.1, 0.15) is 0 Å². The van der Waals surface area contributed by atoms with Crippen molar-refractivity contribution in [2.24, 2.45) is 5.92 Å². The van der Waals surface area contributed by atoms with Crippen LogP contribution in [0.4, 0.5) is 10.5 Å². The molecule has 2 N–H and O–H groups in total. The second-order valence-electron chi connectivity index (χ2n) is 8.85. The van der Waals surface area contributed by atoms with E-state index in [0.29, 0.717) is 56.5 Å². The highest BCUT2D eigenvalue weighted by Gasteiger charge is 2.22. The molecule has 0 unspecified atom stereocenters. The maximum Gasteiger partial charge on any atom is 0.409 e. The van der Waals surface area contributed by atoms with Gasteiger partial charge in [0.25, 0.3) is 5.91 Å². The van der Waals surface area contributed by atoms with Gasteiger partial charge in [-0.25, -0.2) is 4.79 Å².